The fourth-order valence-electron chi connectivity index (χ4n) is 2.11. The van der Waals surface area contributed by atoms with Crippen LogP contribution in [0.15, 0.2) is 0 Å². The molecule has 0 aromatic rings. The molecule has 1 fully saturated rings. The molecule has 1 rings (SSSR count). The molecule has 0 amide bonds. The van der Waals surface area contributed by atoms with E-state index in [0.29, 0.717) is 6.61 Å². The van der Waals surface area contributed by atoms with Gasteiger partial charge in [0, 0.05) is 6.61 Å². The van der Waals surface area contributed by atoms with Gasteiger partial charge in [0.1, 0.15) is 24.4 Å². The van der Waals surface area contributed by atoms with Crippen molar-refractivity contribution in [2.45, 2.75) is 69.7 Å². The molecule has 19 heavy (non-hydrogen) atoms. The lowest BCUT2D eigenvalue weighted by Crippen LogP contribution is -2.59. The topological polar surface area (TPSA) is 99.4 Å². The SMILES string of the molecule is CCCCCCCO[C@@H]1OC(CO)[C@@H](O)C(O)C1O. The molecule has 0 aliphatic carbocycles. The van der Waals surface area contributed by atoms with Gasteiger partial charge in [-0.15, -0.1) is 0 Å². The predicted octanol–water partition coefficient (Wildman–Crippen LogP) is -0.227. The van der Waals surface area contributed by atoms with E-state index in [2.05, 4.69) is 6.92 Å². The average Bonchev–Trinajstić information content (AvgIpc) is 2.42. The number of aliphatic hydroxyl groups excluding tert-OH is 4. The summed E-state index contributed by atoms with van der Waals surface area (Å²) in [4.78, 5) is 0. The third-order valence-corrected chi connectivity index (χ3v) is 3.38. The number of ether oxygens (including phenoxy) is 2. The van der Waals surface area contributed by atoms with Gasteiger partial charge in [-0.25, -0.2) is 0 Å². The van der Waals surface area contributed by atoms with Crippen LogP contribution in [0.3, 0.4) is 0 Å². The van der Waals surface area contributed by atoms with Crippen molar-refractivity contribution in [3.63, 3.8) is 0 Å². The maximum atomic E-state index is 9.72. The Kier molecular flexibility index (Phi) is 7.82. The van der Waals surface area contributed by atoms with Crippen LogP contribution < -0.4 is 0 Å². The van der Waals surface area contributed by atoms with Gasteiger partial charge in [-0.05, 0) is 6.42 Å². The van der Waals surface area contributed by atoms with Gasteiger partial charge in [0.05, 0.1) is 6.61 Å². The molecule has 1 aliphatic heterocycles. The van der Waals surface area contributed by atoms with Crippen LogP contribution in [0.25, 0.3) is 0 Å². The Hall–Kier alpha value is -0.240. The average molecular weight is 278 g/mol. The summed E-state index contributed by atoms with van der Waals surface area (Å²) in [5.74, 6) is 0. The monoisotopic (exact) mass is 278 g/mol. The van der Waals surface area contributed by atoms with Crippen LogP contribution in [-0.2, 0) is 9.47 Å². The molecule has 0 radical (unpaired) electrons. The molecule has 114 valence electrons. The van der Waals surface area contributed by atoms with E-state index in [-0.39, 0.29) is 0 Å². The highest BCUT2D eigenvalue weighted by molar-refractivity contribution is 4.88. The largest absolute Gasteiger partial charge is 0.394 e. The molecule has 0 aromatic carbocycles. The third-order valence-electron chi connectivity index (χ3n) is 3.38. The van der Waals surface area contributed by atoms with Crippen molar-refractivity contribution in [2.24, 2.45) is 0 Å². The van der Waals surface area contributed by atoms with Crippen LogP contribution in [0.4, 0.5) is 0 Å². The number of hydrogen-bond donors (Lipinski definition) is 4. The smallest absolute Gasteiger partial charge is 0.186 e. The quantitative estimate of drug-likeness (QED) is 0.458. The molecule has 1 aliphatic rings. The van der Waals surface area contributed by atoms with Gasteiger partial charge < -0.3 is 29.9 Å². The minimum atomic E-state index is -1.36. The van der Waals surface area contributed by atoms with Crippen molar-refractivity contribution >= 4 is 0 Å². The molecular formula is C13H26O6. The van der Waals surface area contributed by atoms with Crippen LogP contribution in [-0.4, -0.2) is 64.3 Å². The Morgan fingerprint density at radius 3 is 2.26 bits per heavy atom. The van der Waals surface area contributed by atoms with Crippen LogP contribution >= 0.6 is 0 Å². The van der Waals surface area contributed by atoms with Crippen molar-refractivity contribution < 1.29 is 29.9 Å². The Labute approximate surface area is 114 Å². The van der Waals surface area contributed by atoms with Crippen molar-refractivity contribution in [3.8, 4) is 0 Å². The summed E-state index contributed by atoms with van der Waals surface area (Å²) in [6, 6.07) is 0. The molecule has 6 nitrogen and oxygen atoms in total. The van der Waals surface area contributed by atoms with Crippen LogP contribution in [0.1, 0.15) is 39.0 Å². The Morgan fingerprint density at radius 1 is 0.947 bits per heavy atom. The summed E-state index contributed by atoms with van der Waals surface area (Å²) in [5.41, 5.74) is 0. The van der Waals surface area contributed by atoms with Crippen LogP contribution in [0, 0.1) is 0 Å². The normalized spacial score (nSPS) is 35.5. The zero-order chi connectivity index (χ0) is 14.3. The van der Waals surface area contributed by atoms with Gasteiger partial charge in [-0.2, -0.15) is 0 Å². The van der Waals surface area contributed by atoms with Crippen LogP contribution in [0.2, 0.25) is 0 Å². The fourth-order valence-corrected chi connectivity index (χ4v) is 2.11. The lowest BCUT2D eigenvalue weighted by molar-refractivity contribution is -0.301. The Balaban J connectivity index is 2.28. The minimum absolute atomic E-state index is 0.423. The van der Waals surface area contributed by atoms with E-state index in [1.165, 1.54) is 12.8 Å². The van der Waals surface area contributed by atoms with E-state index < -0.39 is 37.3 Å². The van der Waals surface area contributed by atoms with Crippen molar-refractivity contribution in [2.75, 3.05) is 13.2 Å². The molecule has 6 heteroatoms. The van der Waals surface area contributed by atoms with Crippen molar-refractivity contribution in [1.29, 1.82) is 0 Å². The summed E-state index contributed by atoms with van der Waals surface area (Å²) >= 11 is 0. The standard InChI is InChI=1S/C13H26O6/c1-2-3-4-5-6-7-18-13-12(17)11(16)10(15)9(8-14)19-13/h9-17H,2-8H2,1H3/t9?,10-,11?,12?,13-/m1/s1. The molecular weight excluding hydrogens is 252 g/mol. The Bertz CT molecular complexity index is 235. The minimum Gasteiger partial charge on any atom is -0.394 e. The molecule has 5 atom stereocenters. The van der Waals surface area contributed by atoms with Gasteiger partial charge in [-0.3, -0.25) is 0 Å². The maximum absolute atomic E-state index is 9.72. The first-order chi connectivity index (χ1) is 9.11. The lowest BCUT2D eigenvalue weighted by atomic mass is 9.99. The van der Waals surface area contributed by atoms with E-state index in [1.807, 2.05) is 0 Å². The van der Waals surface area contributed by atoms with Crippen LogP contribution in [0.5, 0.6) is 0 Å². The highest BCUT2D eigenvalue weighted by Gasteiger charge is 2.43. The molecule has 4 N–H and O–H groups in total. The molecule has 0 saturated carbocycles. The lowest BCUT2D eigenvalue weighted by Gasteiger charge is -2.39. The fraction of sp³-hybridized carbons (Fsp3) is 1.00. The second-order valence-corrected chi connectivity index (χ2v) is 4.98. The van der Waals surface area contributed by atoms with E-state index in [9.17, 15) is 15.3 Å². The van der Waals surface area contributed by atoms with E-state index in [1.54, 1.807) is 0 Å². The molecule has 1 heterocycles. The van der Waals surface area contributed by atoms with E-state index in [0.717, 1.165) is 19.3 Å². The first-order valence-corrected chi connectivity index (χ1v) is 7.04. The summed E-state index contributed by atoms with van der Waals surface area (Å²) in [7, 11) is 0. The van der Waals surface area contributed by atoms with E-state index >= 15 is 0 Å². The first-order valence-electron chi connectivity index (χ1n) is 7.04. The summed E-state index contributed by atoms with van der Waals surface area (Å²) in [6.07, 6.45) is -0.471. The number of aliphatic hydroxyl groups is 4. The van der Waals surface area contributed by atoms with Gasteiger partial charge in [0.25, 0.3) is 0 Å². The predicted molar refractivity (Wildman–Crippen MR) is 68.5 cm³/mol. The second-order valence-electron chi connectivity index (χ2n) is 4.98. The molecule has 0 spiro atoms. The van der Waals surface area contributed by atoms with Crippen molar-refractivity contribution in [3.05, 3.63) is 0 Å². The summed E-state index contributed by atoms with van der Waals surface area (Å²) in [6.45, 7) is 2.14. The third kappa shape index (κ3) is 4.98. The zero-order valence-electron chi connectivity index (χ0n) is 11.4. The van der Waals surface area contributed by atoms with Gasteiger partial charge in [0.15, 0.2) is 6.29 Å². The first kappa shape index (κ1) is 16.8. The van der Waals surface area contributed by atoms with Gasteiger partial charge in [-0.1, -0.05) is 32.6 Å². The highest BCUT2D eigenvalue weighted by atomic mass is 16.7. The van der Waals surface area contributed by atoms with Gasteiger partial charge >= 0.3 is 0 Å². The molecule has 0 bridgehead atoms. The molecule has 0 aromatic heterocycles. The highest BCUT2D eigenvalue weighted by Crippen LogP contribution is 2.22. The van der Waals surface area contributed by atoms with Crippen molar-refractivity contribution in [1.82, 2.24) is 0 Å². The second kappa shape index (κ2) is 8.84. The number of rotatable bonds is 8. The van der Waals surface area contributed by atoms with Gasteiger partial charge in [0.2, 0.25) is 0 Å². The Morgan fingerprint density at radius 2 is 1.63 bits per heavy atom. The molecule has 3 unspecified atom stereocenters. The summed E-state index contributed by atoms with van der Waals surface area (Å²) < 4.78 is 10.6. The number of hydrogen-bond acceptors (Lipinski definition) is 6. The maximum Gasteiger partial charge on any atom is 0.186 e. The summed E-state index contributed by atoms with van der Waals surface area (Å²) in [5, 5.41) is 37.9. The molecule has 1 saturated heterocycles. The number of unbranched alkanes of at least 4 members (excludes halogenated alkanes) is 4. The van der Waals surface area contributed by atoms with E-state index in [4.69, 9.17) is 14.6 Å². The zero-order valence-corrected chi connectivity index (χ0v) is 11.4.